The van der Waals surface area contributed by atoms with Gasteiger partial charge in [0.1, 0.15) is 11.6 Å². The number of hydrogen-bond donors (Lipinski definition) is 2. The van der Waals surface area contributed by atoms with E-state index in [1.807, 2.05) is 5.32 Å². The van der Waals surface area contributed by atoms with E-state index in [1.165, 1.54) is 18.2 Å². The van der Waals surface area contributed by atoms with Crippen LogP contribution in [0.4, 0.5) is 38.1 Å². The number of alkyl halides is 3. The van der Waals surface area contributed by atoms with Gasteiger partial charge in [-0.05, 0) is 35.9 Å². The van der Waals surface area contributed by atoms with Crippen LogP contribution in [0.15, 0.2) is 55.0 Å². The molecular weight excluding hydrogens is 473 g/mol. The maximum Gasteiger partial charge on any atom is 0.416 e. The van der Waals surface area contributed by atoms with Crippen LogP contribution in [0.25, 0.3) is 22.0 Å². The number of methoxy groups -OCH3 is 1. The molecule has 7 nitrogen and oxygen atoms in total. The molecule has 182 valence electrons. The van der Waals surface area contributed by atoms with E-state index in [4.69, 9.17) is 4.74 Å². The number of aromatic nitrogens is 3. The Labute approximate surface area is 195 Å². The van der Waals surface area contributed by atoms with Crippen LogP contribution in [0.2, 0.25) is 0 Å². The summed E-state index contributed by atoms with van der Waals surface area (Å²) in [4.78, 5) is 16.4. The molecule has 4 rings (SSSR count). The Morgan fingerprint density at radius 3 is 2.49 bits per heavy atom. The number of fused-ring (bicyclic) bond motifs is 1. The van der Waals surface area contributed by atoms with E-state index in [-0.39, 0.29) is 5.69 Å². The Morgan fingerprint density at radius 2 is 1.77 bits per heavy atom. The number of nitrogens with one attached hydrogen (secondary N) is 2. The molecule has 0 aliphatic carbocycles. The lowest BCUT2D eigenvalue weighted by Gasteiger charge is -2.12. The third-order valence-electron chi connectivity index (χ3n) is 5.15. The summed E-state index contributed by atoms with van der Waals surface area (Å²) >= 11 is 0. The van der Waals surface area contributed by atoms with E-state index in [0.29, 0.717) is 42.5 Å². The molecule has 0 aliphatic heterocycles. The van der Waals surface area contributed by atoms with Crippen molar-refractivity contribution in [1.82, 2.24) is 14.8 Å². The van der Waals surface area contributed by atoms with Crippen LogP contribution in [-0.4, -0.2) is 34.5 Å². The monoisotopic (exact) mass is 491 g/mol. The zero-order valence-corrected chi connectivity index (χ0v) is 18.2. The van der Waals surface area contributed by atoms with Crippen LogP contribution in [0, 0.1) is 11.6 Å². The van der Waals surface area contributed by atoms with E-state index < -0.39 is 35.1 Å². The number of anilines is 2. The van der Waals surface area contributed by atoms with Crippen LogP contribution in [0.5, 0.6) is 0 Å². The Morgan fingerprint density at radius 1 is 1.00 bits per heavy atom. The van der Waals surface area contributed by atoms with Gasteiger partial charge in [0.25, 0.3) is 0 Å². The molecule has 0 atom stereocenters. The number of nitrogens with zero attached hydrogens (tertiary/aromatic N) is 3. The Kier molecular flexibility index (Phi) is 6.65. The number of carbonyl (C=O) groups excluding carboxylic acids is 1. The molecule has 2 N–H and O–H groups in total. The summed E-state index contributed by atoms with van der Waals surface area (Å²) in [5.74, 6) is -1.89. The highest BCUT2D eigenvalue weighted by atomic mass is 19.4. The van der Waals surface area contributed by atoms with Crippen molar-refractivity contribution in [3.63, 3.8) is 0 Å². The van der Waals surface area contributed by atoms with E-state index in [1.54, 1.807) is 30.4 Å². The topological polar surface area (TPSA) is 81.1 Å². The molecular formula is C23H18F5N5O2. The zero-order chi connectivity index (χ0) is 25.2. The molecule has 0 aliphatic rings. The standard InChI is InChI=1S/C23H18F5N5O2/c1-35-7-6-33-21-12-29-10-15(16(21)11-30-33)13-2-5-19(18(25)8-13)31-22(34)32-20-9-14(23(26,27)28)3-4-17(20)24/h2-5,8-12H,6-7H2,1H3,(H2,31,32,34). The zero-order valence-electron chi connectivity index (χ0n) is 18.2. The Bertz CT molecular complexity index is 1390. The minimum atomic E-state index is -4.72. The molecule has 0 saturated heterocycles. The predicted octanol–water partition coefficient (Wildman–Crippen LogP) is 5.69. The molecule has 0 fully saturated rings. The fourth-order valence-corrected chi connectivity index (χ4v) is 3.43. The highest BCUT2D eigenvalue weighted by Crippen LogP contribution is 2.32. The smallest absolute Gasteiger partial charge is 0.383 e. The number of amides is 2. The quantitative estimate of drug-likeness (QED) is 0.340. The number of urea groups is 1. The number of ether oxygens (including phenoxy) is 1. The minimum Gasteiger partial charge on any atom is -0.383 e. The lowest BCUT2D eigenvalue weighted by Crippen LogP contribution is -2.21. The second kappa shape index (κ2) is 9.66. The molecule has 2 heterocycles. The van der Waals surface area contributed by atoms with Crippen LogP contribution >= 0.6 is 0 Å². The molecule has 0 bridgehead atoms. The minimum absolute atomic E-state index is 0.255. The van der Waals surface area contributed by atoms with Gasteiger partial charge in [0.15, 0.2) is 0 Å². The molecule has 0 saturated carbocycles. The molecule has 2 aromatic heterocycles. The molecule has 4 aromatic rings. The third kappa shape index (κ3) is 5.22. The van der Waals surface area contributed by atoms with Gasteiger partial charge in [-0.2, -0.15) is 18.3 Å². The van der Waals surface area contributed by atoms with E-state index in [0.717, 1.165) is 10.9 Å². The number of benzene rings is 2. The largest absolute Gasteiger partial charge is 0.416 e. The van der Waals surface area contributed by atoms with Gasteiger partial charge < -0.3 is 15.4 Å². The van der Waals surface area contributed by atoms with Crippen molar-refractivity contribution in [3.05, 3.63) is 72.2 Å². The fourth-order valence-electron chi connectivity index (χ4n) is 3.43. The van der Waals surface area contributed by atoms with Crippen LogP contribution in [0.1, 0.15) is 5.56 Å². The first-order valence-electron chi connectivity index (χ1n) is 10.2. The van der Waals surface area contributed by atoms with E-state index >= 15 is 0 Å². The first-order chi connectivity index (χ1) is 16.7. The fraction of sp³-hybridized carbons (Fsp3) is 0.174. The first kappa shape index (κ1) is 24.1. The summed E-state index contributed by atoms with van der Waals surface area (Å²) in [6.07, 6.45) is 0.0877. The third-order valence-corrected chi connectivity index (χ3v) is 5.15. The highest BCUT2D eigenvalue weighted by molar-refractivity contribution is 6.00. The Balaban J connectivity index is 1.54. The number of carbonyl (C=O) groups is 1. The maximum atomic E-state index is 14.8. The number of pyridine rings is 1. The lowest BCUT2D eigenvalue weighted by molar-refractivity contribution is -0.137. The summed E-state index contributed by atoms with van der Waals surface area (Å²) in [5, 5.41) is 9.17. The summed E-state index contributed by atoms with van der Waals surface area (Å²) in [7, 11) is 1.57. The maximum absolute atomic E-state index is 14.8. The second-order valence-corrected chi connectivity index (χ2v) is 7.45. The summed E-state index contributed by atoms with van der Waals surface area (Å²) in [5.41, 5.74) is -0.302. The van der Waals surface area contributed by atoms with Crippen LogP contribution < -0.4 is 10.6 Å². The van der Waals surface area contributed by atoms with Crippen molar-refractivity contribution in [2.24, 2.45) is 0 Å². The van der Waals surface area contributed by atoms with Gasteiger partial charge in [0, 0.05) is 24.3 Å². The molecule has 2 aromatic carbocycles. The number of halogens is 5. The second-order valence-electron chi connectivity index (χ2n) is 7.45. The van der Waals surface area contributed by atoms with Gasteiger partial charge >= 0.3 is 12.2 Å². The molecule has 0 spiro atoms. The van der Waals surface area contributed by atoms with Crippen molar-refractivity contribution >= 4 is 28.3 Å². The molecule has 12 heteroatoms. The van der Waals surface area contributed by atoms with Crippen molar-refractivity contribution in [2.45, 2.75) is 12.7 Å². The first-order valence-corrected chi connectivity index (χ1v) is 10.2. The summed E-state index contributed by atoms with van der Waals surface area (Å²) < 4.78 is 74.0. The molecule has 2 amide bonds. The van der Waals surface area contributed by atoms with E-state index in [2.05, 4.69) is 15.4 Å². The van der Waals surface area contributed by atoms with Gasteiger partial charge in [0.2, 0.25) is 0 Å². The van der Waals surface area contributed by atoms with Gasteiger partial charge in [-0.25, -0.2) is 13.6 Å². The number of hydrogen-bond acceptors (Lipinski definition) is 4. The summed E-state index contributed by atoms with van der Waals surface area (Å²) in [6, 6.07) is 4.46. The predicted molar refractivity (Wildman–Crippen MR) is 119 cm³/mol. The average molecular weight is 491 g/mol. The molecule has 0 unspecified atom stereocenters. The normalized spacial score (nSPS) is 11.6. The van der Waals surface area contributed by atoms with Gasteiger partial charge in [-0.3, -0.25) is 9.67 Å². The SMILES string of the molecule is COCCn1ncc2c(-c3ccc(NC(=O)Nc4cc(C(F)(F)F)ccc4F)c(F)c3)cncc21. The Hall–Kier alpha value is -4.06. The van der Waals surface area contributed by atoms with Crippen molar-refractivity contribution in [1.29, 1.82) is 0 Å². The highest BCUT2D eigenvalue weighted by Gasteiger charge is 2.31. The van der Waals surface area contributed by atoms with Gasteiger partial charge in [-0.1, -0.05) is 6.07 Å². The lowest BCUT2D eigenvalue weighted by atomic mass is 10.0. The molecule has 0 radical (unpaired) electrons. The van der Waals surface area contributed by atoms with Crippen molar-refractivity contribution < 1.29 is 31.5 Å². The van der Waals surface area contributed by atoms with Crippen LogP contribution in [0.3, 0.4) is 0 Å². The summed E-state index contributed by atoms with van der Waals surface area (Å²) in [6.45, 7) is 0.951. The average Bonchev–Trinajstić information content (AvgIpc) is 3.23. The van der Waals surface area contributed by atoms with Crippen molar-refractivity contribution in [2.75, 3.05) is 24.4 Å². The van der Waals surface area contributed by atoms with Gasteiger partial charge in [0.05, 0.1) is 48.0 Å². The van der Waals surface area contributed by atoms with Crippen LogP contribution in [-0.2, 0) is 17.5 Å². The van der Waals surface area contributed by atoms with Gasteiger partial charge in [-0.15, -0.1) is 0 Å². The molecule has 35 heavy (non-hydrogen) atoms. The number of rotatable bonds is 6. The van der Waals surface area contributed by atoms with E-state index in [9.17, 15) is 26.7 Å². The van der Waals surface area contributed by atoms with Crippen molar-refractivity contribution in [3.8, 4) is 11.1 Å².